The van der Waals surface area contributed by atoms with Crippen LogP contribution in [0.25, 0.3) is 0 Å². The van der Waals surface area contributed by atoms with Crippen LogP contribution in [0.4, 0.5) is 0 Å². The molecule has 0 aromatic heterocycles. The van der Waals surface area contributed by atoms with Crippen molar-refractivity contribution in [3.8, 4) is 11.5 Å². The van der Waals surface area contributed by atoms with Crippen molar-refractivity contribution in [3.05, 3.63) is 131 Å². The molecule has 0 fully saturated rings. The lowest BCUT2D eigenvalue weighted by Crippen LogP contribution is -2.23. The van der Waals surface area contributed by atoms with Crippen molar-refractivity contribution >= 4 is 11.9 Å². The Morgan fingerprint density at radius 2 is 0.824 bits per heavy atom. The number of aromatic hydroxyl groups is 2. The SMILES string of the molecule is O=C(OC(c1ccc(O)cc1)C(OC(=O)c1ccccc1)c1ccc(O)cc1)c1ccccc1. The van der Waals surface area contributed by atoms with Crippen LogP contribution in [0, 0.1) is 0 Å². The lowest BCUT2D eigenvalue weighted by atomic mass is 9.97. The van der Waals surface area contributed by atoms with Crippen LogP contribution in [0.1, 0.15) is 44.1 Å². The molecule has 4 aromatic rings. The monoisotopic (exact) mass is 454 g/mol. The van der Waals surface area contributed by atoms with Gasteiger partial charge in [-0.05, 0) is 59.7 Å². The highest BCUT2D eigenvalue weighted by Gasteiger charge is 2.33. The Balaban J connectivity index is 1.75. The molecule has 2 N–H and O–H groups in total. The number of hydrogen-bond donors (Lipinski definition) is 2. The predicted octanol–water partition coefficient (Wildman–Crippen LogP) is 5.59. The summed E-state index contributed by atoms with van der Waals surface area (Å²) in [6.45, 7) is 0. The van der Waals surface area contributed by atoms with Gasteiger partial charge in [0, 0.05) is 0 Å². The van der Waals surface area contributed by atoms with Crippen molar-refractivity contribution in [2.45, 2.75) is 12.2 Å². The van der Waals surface area contributed by atoms with Crippen molar-refractivity contribution in [2.24, 2.45) is 0 Å². The van der Waals surface area contributed by atoms with Crippen LogP contribution >= 0.6 is 0 Å². The molecule has 6 nitrogen and oxygen atoms in total. The average Bonchev–Trinajstić information content (AvgIpc) is 2.88. The number of ether oxygens (including phenoxy) is 2. The molecule has 34 heavy (non-hydrogen) atoms. The Kier molecular flexibility index (Phi) is 6.89. The number of benzene rings is 4. The molecule has 0 amide bonds. The number of carbonyl (C=O) groups is 2. The molecule has 0 spiro atoms. The third kappa shape index (κ3) is 5.42. The third-order valence-corrected chi connectivity index (χ3v) is 5.21. The third-order valence-electron chi connectivity index (χ3n) is 5.21. The van der Waals surface area contributed by atoms with E-state index < -0.39 is 24.1 Å². The van der Waals surface area contributed by atoms with E-state index in [-0.39, 0.29) is 11.5 Å². The number of phenolic OH excluding ortho intramolecular Hbond substituents is 2. The van der Waals surface area contributed by atoms with Gasteiger partial charge < -0.3 is 19.7 Å². The van der Waals surface area contributed by atoms with Crippen molar-refractivity contribution in [2.75, 3.05) is 0 Å². The Bertz CT molecular complexity index is 1130. The summed E-state index contributed by atoms with van der Waals surface area (Å²) in [7, 11) is 0. The molecule has 170 valence electrons. The van der Waals surface area contributed by atoms with Crippen LogP contribution < -0.4 is 0 Å². The quantitative estimate of drug-likeness (QED) is 0.354. The minimum absolute atomic E-state index is 0.0411. The second kappa shape index (κ2) is 10.4. The van der Waals surface area contributed by atoms with Crippen molar-refractivity contribution in [3.63, 3.8) is 0 Å². The minimum atomic E-state index is -1.04. The lowest BCUT2D eigenvalue weighted by Gasteiger charge is -2.28. The van der Waals surface area contributed by atoms with Crippen molar-refractivity contribution < 1.29 is 29.3 Å². The van der Waals surface area contributed by atoms with E-state index in [0.717, 1.165) is 0 Å². The van der Waals surface area contributed by atoms with Gasteiger partial charge in [-0.2, -0.15) is 0 Å². The van der Waals surface area contributed by atoms with Gasteiger partial charge in [0.25, 0.3) is 0 Å². The number of hydrogen-bond acceptors (Lipinski definition) is 6. The molecule has 6 heteroatoms. The zero-order chi connectivity index (χ0) is 23.9. The summed E-state index contributed by atoms with van der Waals surface area (Å²) >= 11 is 0. The van der Waals surface area contributed by atoms with Crippen molar-refractivity contribution in [1.29, 1.82) is 0 Å². The van der Waals surface area contributed by atoms with Crippen LogP contribution in [0.5, 0.6) is 11.5 Å². The summed E-state index contributed by atoms with van der Waals surface area (Å²) < 4.78 is 11.8. The first kappa shape index (κ1) is 22.6. The molecule has 4 rings (SSSR count). The summed E-state index contributed by atoms with van der Waals surface area (Å²) in [6.07, 6.45) is -2.07. The molecule has 0 aliphatic carbocycles. The highest BCUT2D eigenvalue weighted by atomic mass is 16.6. The summed E-state index contributed by atoms with van der Waals surface area (Å²) in [4.78, 5) is 26.0. The fraction of sp³-hybridized carbons (Fsp3) is 0.0714. The van der Waals surface area contributed by atoms with Gasteiger partial charge in [-0.25, -0.2) is 9.59 Å². The minimum Gasteiger partial charge on any atom is -0.508 e. The van der Waals surface area contributed by atoms with E-state index in [1.807, 2.05) is 0 Å². The summed E-state index contributed by atoms with van der Waals surface area (Å²) in [5, 5.41) is 19.5. The first-order chi connectivity index (χ1) is 16.5. The maximum absolute atomic E-state index is 13.0. The summed E-state index contributed by atoms with van der Waals surface area (Å²) in [5.41, 5.74) is 1.71. The summed E-state index contributed by atoms with van der Waals surface area (Å²) in [5.74, 6) is -1.12. The smallest absolute Gasteiger partial charge is 0.338 e. The molecule has 0 aliphatic rings. The molecule has 0 saturated carbocycles. The first-order valence-corrected chi connectivity index (χ1v) is 10.6. The lowest BCUT2D eigenvalue weighted by molar-refractivity contribution is -0.0388. The van der Waals surface area contributed by atoms with Crippen LogP contribution in [0.15, 0.2) is 109 Å². The zero-order valence-corrected chi connectivity index (χ0v) is 18.1. The maximum atomic E-state index is 13.0. The second-order valence-corrected chi connectivity index (χ2v) is 7.57. The van der Waals surface area contributed by atoms with Gasteiger partial charge in [0.1, 0.15) is 11.5 Å². The molecular weight excluding hydrogens is 432 g/mol. The summed E-state index contributed by atoms with van der Waals surface area (Å²) in [6, 6.07) is 29.2. The zero-order valence-electron chi connectivity index (χ0n) is 18.1. The molecular formula is C28H22O6. The number of esters is 2. The van der Waals surface area contributed by atoms with E-state index in [4.69, 9.17) is 9.47 Å². The normalized spacial score (nSPS) is 12.4. The van der Waals surface area contributed by atoms with Gasteiger partial charge in [0.15, 0.2) is 12.2 Å². The van der Waals surface area contributed by atoms with E-state index >= 15 is 0 Å². The molecule has 0 heterocycles. The van der Waals surface area contributed by atoms with Gasteiger partial charge >= 0.3 is 11.9 Å². The van der Waals surface area contributed by atoms with Crippen LogP contribution in [0.3, 0.4) is 0 Å². The van der Waals surface area contributed by atoms with Gasteiger partial charge in [-0.15, -0.1) is 0 Å². The van der Waals surface area contributed by atoms with E-state index in [2.05, 4.69) is 0 Å². The highest BCUT2D eigenvalue weighted by Crippen LogP contribution is 2.37. The standard InChI is InChI=1S/C28H22O6/c29-23-15-11-19(12-16-23)25(33-27(31)21-7-3-1-4-8-21)26(20-13-17-24(30)18-14-20)34-28(32)22-9-5-2-6-10-22/h1-18,25-26,29-30H. The highest BCUT2D eigenvalue weighted by molar-refractivity contribution is 5.90. The van der Waals surface area contributed by atoms with E-state index in [9.17, 15) is 19.8 Å². The fourth-order valence-corrected chi connectivity index (χ4v) is 3.45. The Morgan fingerprint density at radius 3 is 1.15 bits per heavy atom. The molecule has 4 aromatic carbocycles. The van der Waals surface area contributed by atoms with Gasteiger partial charge in [0.05, 0.1) is 11.1 Å². The molecule has 2 unspecified atom stereocenters. The van der Waals surface area contributed by atoms with Crippen LogP contribution in [-0.2, 0) is 9.47 Å². The fourth-order valence-electron chi connectivity index (χ4n) is 3.45. The molecule has 0 aliphatic heterocycles. The second-order valence-electron chi connectivity index (χ2n) is 7.57. The number of carbonyl (C=O) groups excluding carboxylic acids is 2. The van der Waals surface area contributed by atoms with Crippen molar-refractivity contribution in [1.82, 2.24) is 0 Å². The Morgan fingerprint density at radius 1 is 0.500 bits per heavy atom. The van der Waals surface area contributed by atoms with E-state index in [1.54, 1.807) is 84.9 Å². The van der Waals surface area contributed by atoms with Gasteiger partial charge in [0.2, 0.25) is 0 Å². The Hall–Kier alpha value is -4.58. The molecule has 0 radical (unpaired) electrons. The maximum Gasteiger partial charge on any atom is 0.338 e. The first-order valence-electron chi connectivity index (χ1n) is 10.6. The van der Waals surface area contributed by atoms with Gasteiger partial charge in [-0.3, -0.25) is 0 Å². The Labute approximate surface area is 196 Å². The number of phenols is 2. The molecule has 0 saturated heterocycles. The predicted molar refractivity (Wildman–Crippen MR) is 125 cm³/mol. The largest absolute Gasteiger partial charge is 0.508 e. The van der Waals surface area contributed by atoms with E-state index in [0.29, 0.717) is 22.3 Å². The van der Waals surface area contributed by atoms with Gasteiger partial charge in [-0.1, -0.05) is 60.7 Å². The average molecular weight is 454 g/mol. The van der Waals surface area contributed by atoms with Crippen LogP contribution in [0.2, 0.25) is 0 Å². The molecule has 2 atom stereocenters. The number of rotatable bonds is 7. The van der Waals surface area contributed by atoms with E-state index in [1.165, 1.54) is 24.3 Å². The van der Waals surface area contributed by atoms with Crippen LogP contribution in [-0.4, -0.2) is 22.2 Å². The topological polar surface area (TPSA) is 93.1 Å². The molecule has 0 bridgehead atoms.